The molecule has 2 aromatic carbocycles. The van der Waals surface area contributed by atoms with Crippen LogP contribution in [0.1, 0.15) is 23.6 Å². The van der Waals surface area contributed by atoms with Crippen LogP contribution in [-0.4, -0.2) is 50.2 Å². The van der Waals surface area contributed by atoms with Gasteiger partial charge in [0.15, 0.2) is 0 Å². The van der Waals surface area contributed by atoms with Gasteiger partial charge in [0.25, 0.3) is 0 Å². The molecule has 0 aliphatic heterocycles. The van der Waals surface area contributed by atoms with Crippen molar-refractivity contribution in [2.45, 2.75) is 19.9 Å². The van der Waals surface area contributed by atoms with E-state index >= 15 is 0 Å². The van der Waals surface area contributed by atoms with Crippen LogP contribution in [0.25, 0.3) is 0 Å². The summed E-state index contributed by atoms with van der Waals surface area (Å²) in [7, 11) is 7.77. The van der Waals surface area contributed by atoms with E-state index in [0.717, 1.165) is 35.1 Å². The number of hydrogen-bond donors (Lipinski definition) is 0. The minimum atomic E-state index is -0.344. The molecule has 0 aliphatic carbocycles. The largest absolute Gasteiger partial charge is 0.414 e. The van der Waals surface area contributed by atoms with E-state index in [-0.39, 0.29) is 6.09 Å². The summed E-state index contributed by atoms with van der Waals surface area (Å²) < 4.78 is 6.61. The quantitative estimate of drug-likeness (QED) is 0.745. The first-order valence-electron chi connectivity index (χ1n) is 8.68. The van der Waals surface area contributed by atoms with Crippen LogP contribution < -0.4 is 4.74 Å². The van der Waals surface area contributed by atoms with E-state index in [1.54, 1.807) is 14.1 Å². The number of carbonyl (C=O) groups is 1. The first kappa shape index (κ1) is 19.0. The monoisotopic (exact) mass is 341 g/mol. The van der Waals surface area contributed by atoms with Crippen molar-refractivity contribution in [1.82, 2.24) is 4.90 Å². The Morgan fingerprint density at radius 2 is 1.64 bits per heavy atom. The van der Waals surface area contributed by atoms with Crippen molar-refractivity contribution in [1.29, 1.82) is 0 Å². The molecule has 0 saturated carbocycles. The van der Waals surface area contributed by atoms with E-state index in [4.69, 9.17) is 4.74 Å². The second-order valence-electron chi connectivity index (χ2n) is 7.24. The maximum absolute atomic E-state index is 12.2. The van der Waals surface area contributed by atoms with Crippen LogP contribution in [0, 0.1) is 0 Å². The summed E-state index contributed by atoms with van der Waals surface area (Å²) in [6, 6.07) is 16.4. The van der Waals surface area contributed by atoms with Gasteiger partial charge >= 0.3 is 6.09 Å². The van der Waals surface area contributed by atoms with Crippen LogP contribution >= 0.6 is 0 Å². The smallest absolute Gasteiger partial charge is 0.409 e. The van der Waals surface area contributed by atoms with Crippen LogP contribution in [0.5, 0.6) is 5.75 Å². The molecule has 2 rings (SSSR count). The Hall–Kier alpha value is -2.33. The normalized spacial score (nSPS) is 11.2. The summed E-state index contributed by atoms with van der Waals surface area (Å²) in [6.07, 6.45) is 0.396. The number of ether oxygens (including phenoxy) is 1. The number of benzene rings is 2. The molecule has 0 saturated heterocycles. The van der Waals surface area contributed by atoms with Gasteiger partial charge in [-0.1, -0.05) is 42.5 Å². The molecule has 25 heavy (non-hydrogen) atoms. The van der Waals surface area contributed by atoms with E-state index in [1.165, 1.54) is 10.5 Å². The Morgan fingerprint density at radius 3 is 2.24 bits per heavy atom. The maximum Gasteiger partial charge on any atom is 0.414 e. The fraction of sp³-hybridized carbons (Fsp3) is 0.381. The molecule has 0 aromatic heterocycles. The minimum absolute atomic E-state index is 0.344. The zero-order valence-electron chi connectivity index (χ0n) is 16.0. The molecule has 0 bridgehead atoms. The first-order chi connectivity index (χ1) is 11.8. The van der Waals surface area contributed by atoms with Crippen molar-refractivity contribution in [3.05, 3.63) is 65.2 Å². The van der Waals surface area contributed by atoms with E-state index < -0.39 is 0 Å². The van der Waals surface area contributed by atoms with Gasteiger partial charge in [-0.3, -0.25) is 0 Å². The van der Waals surface area contributed by atoms with E-state index in [2.05, 4.69) is 45.3 Å². The van der Waals surface area contributed by atoms with E-state index in [1.807, 2.05) is 24.3 Å². The average Bonchev–Trinajstić information content (AvgIpc) is 2.58. The predicted octanol–water partition coefficient (Wildman–Crippen LogP) is 3.93. The molecule has 0 aliphatic rings. The van der Waals surface area contributed by atoms with Gasteiger partial charge in [0, 0.05) is 26.1 Å². The SMILES string of the molecule is CC[N+](C)(C)Cc1cccc(Cc2ccccc2)c1OC(=O)N(C)C. The van der Waals surface area contributed by atoms with Crippen LogP contribution in [0.2, 0.25) is 0 Å². The molecule has 0 heterocycles. The number of carbonyl (C=O) groups excluding carboxylic acids is 1. The summed E-state index contributed by atoms with van der Waals surface area (Å²) >= 11 is 0. The molecule has 0 radical (unpaired) electrons. The maximum atomic E-state index is 12.2. The lowest BCUT2D eigenvalue weighted by atomic mass is 10.0. The summed E-state index contributed by atoms with van der Waals surface area (Å²) in [6.45, 7) is 3.98. The highest BCUT2D eigenvalue weighted by atomic mass is 16.6. The molecule has 0 unspecified atom stereocenters. The Morgan fingerprint density at radius 1 is 1.00 bits per heavy atom. The summed E-state index contributed by atoms with van der Waals surface area (Å²) in [5.74, 6) is 0.699. The molecule has 0 atom stereocenters. The van der Waals surface area contributed by atoms with Gasteiger partial charge in [-0.05, 0) is 24.1 Å². The van der Waals surface area contributed by atoms with Crippen LogP contribution in [0.3, 0.4) is 0 Å². The Labute approximate surface area is 151 Å². The number of nitrogens with zero attached hydrogens (tertiary/aromatic N) is 2. The highest BCUT2D eigenvalue weighted by Crippen LogP contribution is 2.29. The molecule has 0 spiro atoms. The molecular weight excluding hydrogens is 312 g/mol. The highest BCUT2D eigenvalue weighted by molar-refractivity contribution is 5.71. The Balaban J connectivity index is 2.41. The number of para-hydroxylation sites is 1. The average molecular weight is 341 g/mol. The van der Waals surface area contributed by atoms with Gasteiger partial charge in [0.2, 0.25) is 0 Å². The standard InChI is InChI=1S/C21H29N2O2/c1-6-23(4,5)16-19-14-10-13-18(15-17-11-8-7-9-12-17)20(19)25-21(24)22(2)3/h7-14H,6,15-16H2,1-5H3/q+1. The number of amides is 1. The summed E-state index contributed by atoms with van der Waals surface area (Å²) in [5, 5.41) is 0. The Kier molecular flexibility index (Phi) is 6.21. The van der Waals surface area contributed by atoms with Gasteiger partial charge < -0.3 is 14.1 Å². The third-order valence-corrected chi connectivity index (χ3v) is 4.42. The van der Waals surface area contributed by atoms with E-state index in [9.17, 15) is 4.79 Å². The molecule has 2 aromatic rings. The third kappa shape index (κ3) is 5.33. The number of hydrogen-bond acceptors (Lipinski definition) is 2. The van der Waals surface area contributed by atoms with Crippen molar-refractivity contribution in [3.8, 4) is 5.75 Å². The van der Waals surface area contributed by atoms with Crippen molar-refractivity contribution < 1.29 is 14.0 Å². The lowest BCUT2D eigenvalue weighted by Gasteiger charge is -2.29. The fourth-order valence-corrected chi connectivity index (χ4v) is 2.60. The van der Waals surface area contributed by atoms with Crippen LogP contribution in [0.4, 0.5) is 4.79 Å². The molecule has 0 N–H and O–H groups in total. The summed E-state index contributed by atoms with van der Waals surface area (Å²) in [4.78, 5) is 13.7. The third-order valence-electron chi connectivity index (χ3n) is 4.42. The second kappa shape index (κ2) is 8.17. The molecular formula is C21H29N2O2+. The van der Waals surface area contributed by atoms with Crippen molar-refractivity contribution in [2.75, 3.05) is 34.7 Å². The minimum Gasteiger partial charge on any atom is -0.409 e. The number of quaternary nitrogens is 1. The molecule has 4 nitrogen and oxygen atoms in total. The highest BCUT2D eigenvalue weighted by Gasteiger charge is 2.21. The zero-order valence-corrected chi connectivity index (χ0v) is 16.0. The van der Waals surface area contributed by atoms with Crippen molar-refractivity contribution >= 4 is 6.09 Å². The van der Waals surface area contributed by atoms with Gasteiger partial charge in [-0.15, -0.1) is 0 Å². The van der Waals surface area contributed by atoms with Gasteiger partial charge in [-0.2, -0.15) is 0 Å². The first-order valence-corrected chi connectivity index (χ1v) is 8.68. The zero-order chi connectivity index (χ0) is 18.4. The van der Waals surface area contributed by atoms with Gasteiger partial charge in [0.1, 0.15) is 12.3 Å². The summed E-state index contributed by atoms with van der Waals surface area (Å²) in [5.41, 5.74) is 3.30. The van der Waals surface area contributed by atoms with Gasteiger partial charge in [-0.25, -0.2) is 4.79 Å². The topological polar surface area (TPSA) is 29.5 Å². The Bertz CT molecular complexity index is 709. The second-order valence-corrected chi connectivity index (χ2v) is 7.24. The molecule has 0 fully saturated rings. The number of rotatable bonds is 6. The lowest BCUT2D eigenvalue weighted by Crippen LogP contribution is -2.38. The molecule has 4 heteroatoms. The fourth-order valence-electron chi connectivity index (χ4n) is 2.60. The molecule has 134 valence electrons. The van der Waals surface area contributed by atoms with Crippen molar-refractivity contribution in [2.24, 2.45) is 0 Å². The van der Waals surface area contributed by atoms with E-state index in [0.29, 0.717) is 5.75 Å². The predicted molar refractivity (Wildman–Crippen MR) is 102 cm³/mol. The van der Waals surface area contributed by atoms with Crippen molar-refractivity contribution in [3.63, 3.8) is 0 Å². The lowest BCUT2D eigenvalue weighted by molar-refractivity contribution is -0.901. The van der Waals surface area contributed by atoms with Crippen LogP contribution in [-0.2, 0) is 13.0 Å². The van der Waals surface area contributed by atoms with Crippen LogP contribution in [0.15, 0.2) is 48.5 Å². The van der Waals surface area contributed by atoms with Gasteiger partial charge in [0.05, 0.1) is 20.6 Å². The molecule has 1 amide bonds.